The van der Waals surface area contributed by atoms with E-state index in [9.17, 15) is 9.46 Å². The number of hydrogen-bond acceptors (Lipinski definition) is 2. The molecule has 0 saturated heterocycles. The highest BCUT2D eigenvalue weighted by molar-refractivity contribution is 7.52. The van der Waals surface area contributed by atoms with Gasteiger partial charge in [0.2, 0.25) is 0 Å². The van der Waals surface area contributed by atoms with Crippen molar-refractivity contribution >= 4 is 30.9 Å². The van der Waals surface area contributed by atoms with E-state index in [1.165, 1.54) is 0 Å². The van der Waals surface area contributed by atoms with E-state index >= 15 is 0 Å². The lowest BCUT2D eigenvalue weighted by molar-refractivity contribution is -0.181. The Kier molecular flexibility index (Phi) is 6.62. The van der Waals surface area contributed by atoms with Crippen molar-refractivity contribution in [1.29, 1.82) is 0 Å². The third-order valence-corrected chi connectivity index (χ3v) is 2.49. The van der Waals surface area contributed by atoms with Crippen LogP contribution in [0.15, 0.2) is 0 Å². The average Bonchev–Trinajstić information content (AvgIpc) is 1.97. The maximum atomic E-state index is 10.8. The van der Waals surface area contributed by atoms with Gasteiger partial charge in [-0.3, -0.25) is 10.2 Å². The summed E-state index contributed by atoms with van der Waals surface area (Å²) in [6, 6.07) is 0. The lowest BCUT2D eigenvalue weighted by Crippen LogP contribution is -2.32. The predicted octanol–water partition coefficient (Wildman–Crippen LogP) is 0.112. The maximum Gasteiger partial charge on any atom is 0.143 e. The molecule has 0 aromatic heterocycles. The summed E-state index contributed by atoms with van der Waals surface area (Å²) in [7, 11) is -3.64. The van der Waals surface area contributed by atoms with Crippen LogP contribution in [0.5, 0.6) is 0 Å². The monoisotopic (exact) mass is 219 g/mol. The number of nitrogens with one attached hydrogen (secondary N) is 2. The van der Waals surface area contributed by atoms with Gasteiger partial charge in [-0.05, 0) is 0 Å². The number of hydrogen-bond donors (Lipinski definition) is 2. The molecule has 0 aliphatic heterocycles. The molecule has 0 atom stereocenters. The molecule has 0 fully saturated rings. The molecule has 0 radical (unpaired) electrons. The molecule has 0 aromatic rings. The molecule has 11 heavy (non-hydrogen) atoms. The van der Waals surface area contributed by atoms with E-state index in [1.54, 1.807) is 0 Å². The zero-order valence-electron chi connectivity index (χ0n) is 5.85. The second-order valence-electron chi connectivity index (χ2n) is 1.75. The Bertz CT molecular complexity index is 134. The van der Waals surface area contributed by atoms with E-state index in [0.717, 1.165) is 0 Å². The molecular weight excluding hydrogens is 210 g/mol. The Morgan fingerprint density at radius 1 is 1.18 bits per heavy atom. The van der Waals surface area contributed by atoms with Crippen molar-refractivity contribution in [3.05, 3.63) is 0 Å². The van der Waals surface area contributed by atoms with E-state index in [4.69, 9.17) is 23.2 Å². The molecule has 0 saturated carbocycles. The van der Waals surface area contributed by atoms with Gasteiger partial charge in [-0.25, -0.2) is 0 Å². The van der Waals surface area contributed by atoms with Crippen LogP contribution in [-0.4, -0.2) is 24.8 Å². The highest BCUT2D eigenvalue weighted by atomic mass is 35.5. The number of halogens is 2. The molecule has 0 rings (SSSR count). The summed E-state index contributed by atoms with van der Waals surface area (Å²) >= 11 is 10.5. The molecule has 0 amide bonds. The Morgan fingerprint density at radius 2 is 1.55 bits per heavy atom. The minimum absolute atomic E-state index is 0.234. The zero-order valence-corrected chi connectivity index (χ0v) is 8.25. The number of rotatable bonds is 6. The first-order valence-corrected chi connectivity index (χ1v) is 5.75. The molecule has 7 heteroatoms. The molecule has 68 valence electrons. The summed E-state index contributed by atoms with van der Waals surface area (Å²) in [5.41, 5.74) is 0. The van der Waals surface area contributed by atoms with Crippen LogP contribution in [0.4, 0.5) is 0 Å². The van der Waals surface area contributed by atoms with Crippen molar-refractivity contribution < 1.29 is 9.46 Å². The second kappa shape index (κ2) is 6.23. The third-order valence-electron chi connectivity index (χ3n) is 0.829. The average molecular weight is 220 g/mol. The SMILES string of the molecule is O=P([O-])(NCCCl)NCCCl. The fourth-order valence-corrected chi connectivity index (χ4v) is 1.81. The predicted molar refractivity (Wildman–Crippen MR) is 45.1 cm³/mol. The van der Waals surface area contributed by atoms with Crippen LogP contribution in [0, 0.1) is 0 Å². The van der Waals surface area contributed by atoms with Gasteiger partial charge in [0.25, 0.3) is 0 Å². The van der Waals surface area contributed by atoms with Gasteiger partial charge >= 0.3 is 0 Å². The van der Waals surface area contributed by atoms with Crippen molar-refractivity contribution in [3.63, 3.8) is 0 Å². The van der Waals surface area contributed by atoms with Crippen LogP contribution in [-0.2, 0) is 4.57 Å². The van der Waals surface area contributed by atoms with Gasteiger partial charge in [0.15, 0.2) is 0 Å². The van der Waals surface area contributed by atoms with Gasteiger partial charge in [0.05, 0.1) is 0 Å². The van der Waals surface area contributed by atoms with Crippen LogP contribution < -0.4 is 15.1 Å². The highest BCUT2D eigenvalue weighted by Crippen LogP contribution is 2.21. The summed E-state index contributed by atoms with van der Waals surface area (Å²) in [5, 5.41) is 4.48. The molecule has 0 spiro atoms. The first-order chi connectivity index (χ1) is 5.12. The van der Waals surface area contributed by atoms with Gasteiger partial charge in [-0.1, -0.05) is 0 Å². The summed E-state index contributed by atoms with van der Waals surface area (Å²) in [6.45, 7) is 0.467. The van der Waals surface area contributed by atoms with Crippen LogP contribution in [0.25, 0.3) is 0 Å². The van der Waals surface area contributed by atoms with Crippen molar-refractivity contribution in [3.8, 4) is 0 Å². The first-order valence-electron chi connectivity index (χ1n) is 3.05. The van der Waals surface area contributed by atoms with E-state index < -0.39 is 7.67 Å². The van der Waals surface area contributed by atoms with E-state index in [1.807, 2.05) is 0 Å². The van der Waals surface area contributed by atoms with Gasteiger partial charge in [0.1, 0.15) is 7.67 Å². The van der Waals surface area contributed by atoms with E-state index in [2.05, 4.69) is 10.2 Å². The topological polar surface area (TPSA) is 64.2 Å². The van der Waals surface area contributed by atoms with Crippen molar-refractivity contribution in [2.24, 2.45) is 0 Å². The molecule has 2 N–H and O–H groups in total. The minimum atomic E-state index is -3.64. The quantitative estimate of drug-likeness (QED) is 0.492. The molecule has 0 aromatic carbocycles. The zero-order chi connectivity index (χ0) is 8.74. The van der Waals surface area contributed by atoms with Crippen molar-refractivity contribution in [2.75, 3.05) is 24.8 Å². The number of alkyl halides is 2. The van der Waals surface area contributed by atoms with Gasteiger partial charge in [-0.15, -0.1) is 23.2 Å². The third kappa shape index (κ3) is 7.06. The molecule has 0 aliphatic rings. The Hall–Kier alpha value is 0.690. The molecule has 4 nitrogen and oxygen atoms in total. The van der Waals surface area contributed by atoms with Crippen LogP contribution in [0.3, 0.4) is 0 Å². The van der Waals surface area contributed by atoms with Gasteiger partial charge < -0.3 is 9.46 Å². The molecule has 0 heterocycles. The standard InChI is InChI=1S/C4H11Cl2N2O2P/c5-1-3-7-11(9,10)8-4-2-6/h1-4H2,(H3,7,8,9,10)/p-1. The molecular formula is C4H10Cl2N2O2P-. The summed E-state index contributed by atoms with van der Waals surface area (Å²) in [4.78, 5) is 10.8. The lowest BCUT2D eigenvalue weighted by Gasteiger charge is -2.24. The van der Waals surface area contributed by atoms with Crippen LogP contribution in [0.1, 0.15) is 0 Å². The summed E-state index contributed by atoms with van der Waals surface area (Å²) in [5.74, 6) is 0.517. The fraction of sp³-hybridized carbons (Fsp3) is 1.00. The van der Waals surface area contributed by atoms with E-state index in [0.29, 0.717) is 0 Å². The summed E-state index contributed by atoms with van der Waals surface area (Å²) in [6.07, 6.45) is 0. The van der Waals surface area contributed by atoms with Crippen molar-refractivity contribution in [1.82, 2.24) is 10.2 Å². The van der Waals surface area contributed by atoms with Gasteiger partial charge in [0, 0.05) is 24.8 Å². The summed E-state index contributed by atoms with van der Waals surface area (Å²) < 4.78 is 10.8. The highest BCUT2D eigenvalue weighted by Gasteiger charge is 2.02. The minimum Gasteiger partial charge on any atom is -0.776 e. The lowest BCUT2D eigenvalue weighted by atomic mass is 10.8. The largest absolute Gasteiger partial charge is 0.776 e. The smallest absolute Gasteiger partial charge is 0.143 e. The first kappa shape index (κ1) is 11.7. The molecule has 0 aliphatic carbocycles. The Labute approximate surface area is 75.8 Å². The van der Waals surface area contributed by atoms with Gasteiger partial charge in [-0.2, -0.15) is 0 Å². The molecule has 0 unspecified atom stereocenters. The fourth-order valence-electron chi connectivity index (χ4n) is 0.435. The molecule has 0 bridgehead atoms. The maximum absolute atomic E-state index is 10.8. The van der Waals surface area contributed by atoms with Crippen LogP contribution in [0.2, 0.25) is 0 Å². The van der Waals surface area contributed by atoms with Crippen molar-refractivity contribution in [2.45, 2.75) is 0 Å². The van der Waals surface area contributed by atoms with E-state index in [-0.39, 0.29) is 24.8 Å². The Morgan fingerprint density at radius 3 is 1.82 bits per heavy atom. The second-order valence-corrected chi connectivity index (χ2v) is 4.24. The van der Waals surface area contributed by atoms with Crippen LogP contribution >= 0.6 is 30.9 Å². The Balaban J connectivity index is 3.53. The normalized spacial score (nSPS) is 11.9.